The van der Waals surface area contributed by atoms with Gasteiger partial charge in [-0.3, -0.25) is 9.59 Å². The molecule has 2 aromatic heterocycles. The van der Waals surface area contributed by atoms with Crippen LogP contribution in [-0.4, -0.2) is 26.9 Å². The fourth-order valence-electron chi connectivity index (χ4n) is 3.23. The van der Waals surface area contributed by atoms with Crippen molar-refractivity contribution in [3.8, 4) is 11.5 Å². The summed E-state index contributed by atoms with van der Waals surface area (Å²) in [6.07, 6.45) is 1.58. The highest BCUT2D eigenvalue weighted by Crippen LogP contribution is 2.34. The van der Waals surface area contributed by atoms with Crippen molar-refractivity contribution >= 4 is 28.1 Å². The van der Waals surface area contributed by atoms with Gasteiger partial charge in [-0.15, -0.1) is 0 Å². The highest BCUT2D eigenvalue weighted by molar-refractivity contribution is 6.06. The van der Waals surface area contributed by atoms with Crippen LogP contribution in [0.25, 0.3) is 16.6 Å². The molecule has 1 aliphatic heterocycles. The maximum absolute atomic E-state index is 12.7. The molecule has 134 valence electrons. The topological polar surface area (TPSA) is 86.9 Å². The van der Waals surface area contributed by atoms with Crippen molar-refractivity contribution in [2.45, 2.75) is 0 Å². The molecule has 1 aliphatic rings. The lowest BCUT2D eigenvalue weighted by atomic mass is 10.1. The Morgan fingerprint density at radius 1 is 1.04 bits per heavy atom. The summed E-state index contributed by atoms with van der Waals surface area (Å²) in [5.41, 5.74) is 2.71. The minimum atomic E-state index is -0.288. The van der Waals surface area contributed by atoms with Crippen molar-refractivity contribution in [2.75, 3.05) is 12.1 Å². The van der Waals surface area contributed by atoms with Gasteiger partial charge in [0, 0.05) is 24.4 Å². The van der Waals surface area contributed by atoms with Gasteiger partial charge in [0.1, 0.15) is 5.52 Å². The molecule has 2 aromatic carbocycles. The standard InChI is InChI=1S/C19H14N4O4/c1-22-15-8-11(2-4-13(15)23-14(19(22)25)6-7-20-23)18(24)21-12-3-5-16-17(9-12)27-10-26-16/h2-9H,10H2,1H3,(H,21,24). The summed E-state index contributed by atoms with van der Waals surface area (Å²) in [4.78, 5) is 25.1. The zero-order valence-electron chi connectivity index (χ0n) is 14.3. The first-order chi connectivity index (χ1) is 13.1. The Morgan fingerprint density at radius 3 is 2.78 bits per heavy atom. The number of carbonyl (C=O) groups is 1. The van der Waals surface area contributed by atoms with Crippen molar-refractivity contribution in [2.24, 2.45) is 7.05 Å². The first-order valence-corrected chi connectivity index (χ1v) is 8.29. The molecule has 0 saturated heterocycles. The number of carbonyl (C=O) groups excluding carboxylic acids is 1. The van der Waals surface area contributed by atoms with E-state index in [2.05, 4.69) is 10.4 Å². The van der Waals surface area contributed by atoms with E-state index in [1.165, 1.54) is 4.57 Å². The highest BCUT2D eigenvalue weighted by Gasteiger charge is 2.16. The monoisotopic (exact) mass is 362 g/mol. The molecule has 3 heterocycles. The Morgan fingerprint density at radius 2 is 1.89 bits per heavy atom. The molecular weight excluding hydrogens is 348 g/mol. The number of hydrogen-bond acceptors (Lipinski definition) is 5. The highest BCUT2D eigenvalue weighted by atomic mass is 16.7. The molecule has 1 amide bonds. The van der Waals surface area contributed by atoms with Gasteiger partial charge in [-0.1, -0.05) is 0 Å². The van der Waals surface area contributed by atoms with Gasteiger partial charge in [-0.05, 0) is 36.4 Å². The number of aryl methyl sites for hydroxylation is 1. The summed E-state index contributed by atoms with van der Waals surface area (Å²) >= 11 is 0. The number of rotatable bonds is 2. The number of fused-ring (bicyclic) bond motifs is 4. The van der Waals surface area contributed by atoms with Gasteiger partial charge in [-0.25, -0.2) is 4.52 Å². The third kappa shape index (κ3) is 2.34. The Labute approximate surface area is 152 Å². The molecule has 0 aliphatic carbocycles. The maximum Gasteiger partial charge on any atom is 0.276 e. The molecule has 0 fully saturated rings. The van der Waals surface area contributed by atoms with Gasteiger partial charge in [0.05, 0.1) is 17.2 Å². The summed E-state index contributed by atoms with van der Waals surface area (Å²) in [5.74, 6) is 0.954. The normalized spacial score (nSPS) is 12.6. The third-order valence-electron chi connectivity index (χ3n) is 4.62. The fraction of sp³-hybridized carbons (Fsp3) is 0.105. The number of nitrogens with one attached hydrogen (secondary N) is 1. The molecule has 0 atom stereocenters. The Balaban J connectivity index is 1.55. The Kier molecular flexibility index (Phi) is 3.20. The lowest BCUT2D eigenvalue weighted by molar-refractivity contribution is 0.102. The van der Waals surface area contributed by atoms with E-state index >= 15 is 0 Å². The van der Waals surface area contributed by atoms with Crippen LogP contribution in [0, 0.1) is 0 Å². The second-order valence-corrected chi connectivity index (χ2v) is 6.22. The smallest absolute Gasteiger partial charge is 0.276 e. The summed E-state index contributed by atoms with van der Waals surface area (Å²) in [5, 5.41) is 7.04. The van der Waals surface area contributed by atoms with Crippen molar-refractivity contribution in [1.82, 2.24) is 14.2 Å². The molecule has 0 unspecified atom stereocenters. The average Bonchev–Trinajstić information content (AvgIpc) is 3.34. The summed E-state index contributed by atoms with van der Waals surface area (Å²) in [6, 6.07) is 12.0. The van der Waals surface area contributed by atoms with E-state index in [0.29, 0.717) is 33.8 Å². The van der Waals surface area contributed by atoms with E-state index in [1.54, 1.807) is 60.2 Å². The quantitative estimate of drug-likeness (QED) is 0.591. The predicted octanol–water partition coefficient (Wildman–Crippen LogP) is 2.17. The number of aromatic nitrogens is 3. The lowest BCUT2D eigenvalue weighted by Gasteiger charge is -2.10. The van der Waals surface area contributed by atoms with Gasteiger partial charge in [0.25, 0.3) is 11.5 Å². The van der Waals surface area contributed by atoms with Crippen LogP contribution in [-0.2, 0) is 7.05 Å². The van der Waals surface area contributed by atoms with Gasteiger partial charge < -0.3 is 19.4 Å². The SMILES string of the molecule is Cn1c(=O)c2ccnn2c2ccc(C(=O)Nc3ccc4c(c3)OCO4)cc21. The van der Waals surface area contributed by atoms with Crippen LogP contribution in [0.15, 0.2) is 53.5 Å². The number of anilines is 1. The predicted molar refractivity (Wildman–Crippen MR) is 98.5 cm³/mol. The molecule has 0 radical (unpaired) electrons. The molecule has 1 N–H and O–H groups in total. The van der Waals surface area contributed by atoms with E-state index in [1.807, 2.05) is 0 Å². The molecule has 27 heavy (non-hydrogen) atoms. The first-order valence-electron chi connectivity index (χ1n) is 8.29. The van der Waals surface area contributed by atoms with Gasteiger partial charge in [-0.2, -0.15) is 5.10 Å². The van der Waals surface area contributed by atoms with E-state index in [9.17, 15) is 9.59 Å². The van der Waals surface area contributed by atoms with E-state index in [4.69, 9.17) is 9.47 Å². The second-order valence-electron chi connectivity index (χ2n) is 6.22. The minimum absolute atomic E-state index is 0.173. The first kappa shape index (κ1) is 15.4. The molecule has 4 aromatic rings. The van der Waals surface area contributed by atoms with Crippen molar-refractivity contribution in [1.29, 1.82) is 0 Å². The van der Waals surface area contributed by atoms with Crippen LogP contribution >= 0.6 is 0 Å². The number of hydrogen-bond donors (Lipinski definition) is 1. The Bertz CT molecular complexity index is 1290. The van der Waals surface area contributed by atoms with E-state index in [0.717, 1.165) is 5.52 Å². The molecule has 8 nitrogen and oxygen atoms in total. The van der Waals surface area contributed by atoms with Crippen molar-refractivity contribution < 1.29 is 14.3 Å². The number of ether oxygens (including phenoxy) is 2. The van der Waals surface area contributed by atoms with Gasteiger partial charge >= 0.3 is 0 Å². The zero-order valence-corrected chi connectivity index (χ0v) is 14.3. The van der Waals surface area contributed by atoms with Crippen LogP contribution in [0.1, 0.15) is 10.4 Å². The minimum Gasteiger partial charge on any atom is -0.454 e. The molecule has 5 rings (SSSR count). The van der Waals surface area contributed by atoms with Crippen LogP contribution < -0.4 is 20.3 Å². The van der Waals surface area contributed by atoms with E-state index < -0.39 is 0 Å². The maximum atomic E-state index is 12.7. The molecule has 0 bridgehead atoms. The summed E-state index contributed by atoms with van der Waals surface area (Å²) in [7, 11) is 1.68. The largest absolute Gasteiger partial charge is 0.454 e. The number of amides is 1. The van der Waals surface area contributed by atoms with Crippen LogP contribution in [0.2, 0.25) is 0 Å². The third-order valence-corrected chi connectivity index (χ3v) is 4.62. The molecule has 0 saturated carbocycles. The van der Waals surface area contributed by atoms with Crippen molar-refractivity contribution in [3.05, 3.63) is 64.6 Å². The zero-order chi connectivity index (χ0) is 18.5. The van der Waals surface area contributed by atoms with Crippen molar-refractivity contribution in [3.63, 3.8) is 0 Å². The Hall–Kier alpha value is -3.81. The molecular formula is C19H14N4O4. The molecule has 8 heteroatoms. The number of nitrogens with zero attached hydrogens (tertiary/aromatic N) is 3. The average molecular weight is 362 g/mol. The van der Waals surface area contributed by atoms with Crippen LogP contribution in [0.4, 0.5) is 5.69 Å². The summed E-state index contributed by atoms with van der Waals surface area (Å²) < 4.78 is 13.7. The van der Waals surface area contributed by atoms with Gasteiger partial charge in [0.2, 0.25) is 6.79 Å². The second kappa shape index (κ2) is 5.60. The van der Waals surface area contributed by atoms with Crippen LogP contribution in [0.5, 0.6) is 11.5 Å². The van der Waals surface area contributed by atoms with E-state index in [-0.39, 0.29) is 18.3 Å². The molecule has 0 spiro atoms. The summed E-state index contributed by atoms with van der Waals surface area (Å²) in [6.45, 7) is 0.174. The van der Waals surface area contributed by atoms with Crippen LogP contribution in [0.3, 0.4) is 0 Å². The fourth-order valence-corrected chi connectivity index (χ4v) is 3.23. The van der Waals surface area contributed by atoms with Gasteiger partial charge in [0.15, 0.2) is 11.5 Å². The lowest BCUT2D eigenvalue weighted by Crippen LogP contribution is -2.20. The number of benzene rings is 2.